The van der Waals surface area contributed by atoms with Crippen LogP contribution in [-0.2, 0) is 6.61 Å². The molecule has 0 atom stereocenters. The van der Waals surface area contributed by atoms with Gasteiger partial charge in [-0.15, -0.1) is 0 Å². The third kappa shape index (κ3) is 4.06. The molecule has 2 aromatic carbocycles. The molecular weight excluding hydrogens is 318 g/mol. The monoisotopic (exact) mass is 332 g/mol. The maximum Gasteiger partial charge on any atom is 0.387 e. The van der Waals surface area contributed by atoms with E-state index in [0.717, 1.165) is 0 Å². The van der Waals surface area contributed by atoms with Crippen LogP contribution in [-0.4, -0.2) is 17.6 Å². The van der Waals surface area contributed by atoms with Crippen molar-refractivity contribution < 1.29 is 23.4 Å². The molecule has 0 heterocycles. The minimum Gasteiger partial charge on any atom is -0.434 e. The van der Waals surface area contributed by atoms with Gasteiger partial charge in [0.1, 0.15) is 5.75 Å². The maximum atomic E-state index is 12.4. The van der Waals surface area contributed by atoms with Gasteiger partial charge in [-0.2, -0.15) is 14.0 Å². The van der Waals surface area contributed by atoms with Gasteiger partial charge in [-0.1, -0.05) is 6.07 Å². The average Bonchev–Trinajstić information content (AvgIpc) is 2.54. The van der Waals surface area contributed by atoms with Crippen LogP contribution in [0.1, 0.15) is 27.0 Å². The van der Waals surface area contributed by atoms with Gasteiger partial charge in [-0.25, -0.2) is 0 Å². The van der Waals surface area contributed by atoms with Gasteiger partial charge in [0.15, 0.2) is 0 Å². The number of aryl methyl sites for hydroxylation is 1. The first-order chi connectivity index (χ1) is 11.4. The molecule has 0 aliphatic rings. The number of hydrogen-bond acceptors (Lipinski definition) is 4. The van der Waals surface area contributed by atoms with Crippen LogP contribution in [0.15, 0.2) is 36.4 Å². The molecule has 0 bridgehead atoms. The van der Waals surface area contributed by atoms with E-state index in [0.29, 0.717) is 16.7 Å². The standard InChI is InChI=1S/C17H14F2N2O3/c1-10-6-11(8-20)2-5-14(10)16(23)21-13-4-3-12(9-22)15(7-13)24-17(18)19/h2-7,17,22H,9H2,1H3,(H,21,23). The van der Waals surface area contributed by atoms with E-state index in [2.05, 4.69) is 10.1 Å². The summed E-state index contributed by atoms with van der Waals surface area (Å²) in [5, 5.41) is 20.5. The Morgan fingerprint density at radius 2 is 2.08 bits per heavy atom. The number of ether oxygens (including phenoxy) is 1. The molecule has 24 heavy (non-hydrogen) atoms. The molecule has 0 aliphatic carbocycles. The molecule has 0 saturated carbocycles. The second-order valence-corrected chi connectivity index (χ2v) is 4.95. The van der Waals surface area contributed by atoms with E-state index in [-0.39, 0.29) is 17.0 Å². The van der Waals surface area contributed by atoms with Gasteiger partial charge < -0.3 is 15.2 Å². The van der Waals surface area contributed by atoms with Gasteiger partial charge in [0.25, 0.3) is 5.91 Å². The lowest BCUT2D eigenvalue weighted by Gasteiger charge is -2.12. The number of hydrogen-bond donors (Lipinski definition) is 2. The topological polar surface area (TPSA) is 82.4 Å². The number of nitrogens with zero attached hydrogens (tertiary/aromatic N) is 1. The zero-order valence-electron chi connectivity index (χ0n) is 12.7. The first kappa shape index (κ1) is 17.4. The van der Waals surface area contributed by atoms with Crippen molar-refractivity contribution in [1.82, 2.24) is 0 Å². The lowest BCUT2D eigenvalue weighted by molar-refractivity contribution is -0.0508. The van der Waals surface area contributed by atoms with Crippen LogP contribution in [0.2, 0.25) is 0 Å². The van der Waals surface area contributed by atoms with Crippen molar-refractivity contribution >= 4 is 11.6 Å². The fourth-order valence-corrected chi connectivity index (χ4v) is 2.16. The lowest BCUT2D eigenvalue weighted by atomic mass is 10.0. The summed E-state index contributed by atoms with van der Waals surface area (Å²) in [5.41, 5.74) is 1.84. The van der Waals surface area contributed by atoms with Gasteiger partial charge >= 0.3 is 6.61 Å². The molecule has 0 spiro atoms. The molecule has 0 aliphatic heterocycles. The highest BCUT2D eigenvalue weighted by molar-refractivity contribution is 6.05. The van der Waals surface area contributed by atoms with Crippen LogP contribution in [0, 0.1) is 18.3 Å². The normalized spacial score (nSPS) is 10.3. The molecule has 0 fully saturated rings. The quantitative estimate of drug-likeness (QED) is 0.881. The molecule has 0 unspecified atom stereocenters. The second-order valence-electron chi connectivity index (χ2n) is 4.95. The number of benzene rings is 2. The number of nitriles is 1. The smallest absolute Gasteiger partial charge is 0.387 e. The summed E-state index contributed by atoms with van der Waals surface area (Å²) in [7, 11) is 0. The van der Waals surface area contributed by atoms with Crippen LogP contribution in [0.3, 0.4) is 0 Å². The molecule has 0 radical (unpaired) electrons. The van der Waals surface area contributed by atoms with E-state index in [4.69, 9.17) is 10.4 Å². The van der Waals surface area contributed by atoms with E-state index >= 15 is 0 Å². The Balaban J connectivity index is 2.24. The van der Waals surface area contributed by atoms with E-state index in [1.807, 2.05) is 6.07 Å². The number of aliphatic hydroxyl groups excluding tert-OH is 1. The molecule has 7 heteroatoms. The molecular formula is C17H14F2N2O3. The molecule has 2 rings (SSSR count). The molecule has 1 amide bonds. The minimum absolute atomic E-state index is 0.183. The van der Waals surface area contributed by atoms with E-state index < -0.39 is 19.1 Å². The van der Waals surface area contributed by atoms with Crippen molar-refractivity contribution in [2.24, 2.45) is 0 Å². The van der Waals surface area contributed by atoms with E-state index in [1.54, 1.807) is 13.0 Å². The third-order valence-corrected chi connectivity index (χ3v) is 3.31. The molecule has 0 saturated heterocycles. The fourth-order valence-electron chi connectivity index (χ4n) is 2.16. The number of amides is 1. The SMILES string of the molecule is Cc1cc(C#N)ccc1C(=O)Nc1ccc(CO)c(OC(F)F)c1. The van der Waals surface area contributed by atoms with Crippen LogP contribution in [0.25, 0.3) is 0 Å². The van der Waals surface area contributed by atoms with Crippen molar-refractivity contribution in [3.05, 3.63) is 58.7 Å². The zero-order valence-corrected chi connectivity index (χ0v) is 12.7. The van der Waals surface area contributed by atoms with Crippen molar-refractivity contribution in [2.75, 3.05) is 5.32 Å². The number of alkyl halides is 2. The highest BCUT2D eigenvalue weighted by atomic mass is 19.3. The zero-order chi connectivity index (χ0) is 17.7. The first-order valence-electron chi connectivity index (χ1n) is 6.95. The van der Waals surface area contributed by atoms with Crippen molar-refractivity contribution in [1.29, 1.82) is 5.26 Å². The number of carbonyl (C=O) groups is 1. The number of aliphatic hydroxyl groups is 1. The van der Waals surface area contributed by atoms with Gasteiger partial charge in [-0.3, -0.25) is 4.79 Å². The summed E-state index contributed by atoms with van der Waals surface area (Å²) >= 11 is 0. The summed E-state index contributed by atoms with van der Waals surface area (Å²) in [5.74, 6) is -0.654. The van der Waals surface area contributed by atoms with Crippen molar-refractivity contribution in [3.8, 4) is 11.8 Å². The fraction of sp³-hybridized carbons (Fsp3) is 0.176. The number of carbonyl (C=O) groups excluding carboxylic acids is 1. The summed E-state index contributed by atoms with van der Waals surface area (Å²) in [4.78, 5) is 12.3. The summed E-state index contributed by atoms with van der Waals surface area (Å²) < 4.78 is 29.1. The summed E-state index contributed by atoms with van der Waals surface area (Å²) in [6.07, 6.45) is 0. The Morgan fingerprint density at radius 1 is 1.33 bits per heavy atom. The predicted molar refractivity (Wildman–Crippen MR) is 82.8 cm³/mol. The highest BCUT2D eigenvalue weighted by Crippen LogP contribution is 2.26. The molecule has 5 nitrogen and oxygen atoms in total. The van der Waals surface area contributed by atoms with E-state index in [1.165, 1.54) is 30.3 Å². The summed E-state index contributed by atoms with van der Waals surface area (Å²) in [6.45, 7) is -1.82. The molecule has 0 aromatic heterocycles. The number of nitrogens with one attached hydrogen (secondary N) is 1. The van der Waals surface area contributed by atoms with Crippen LogP contribution >= 0.6 is 0 Å². The highest BCUT2D eigenvalue weighted by Gasteiger charge is 2.13. The maximum absolute atomic E-state index is 12.4. The predicted octanol–water partition coefficient (Wildman–Crippen LogP) is 3.21. The lowest BCUT2D eigenvalue weighted by Crippen LogP contribution is -2.14. The average molecular weight is 332 g/mol. The van der Waals surface area contributed by atoms with Crippen LogP contribution < -0.4 is 10.1 Å². The Kier molecular flexibility index (Phi) is 5.45. The largest absolute Gasteiger partial charge is 0.434 e. The van der Waals surface area contributed by atoms with Crippen molar-refractivity contribution in [3.63, 3.8) is 0 Å². The molecule has 2 N–H and O–H groups in total. The number of rotatable bonds is 5. The van der Waals surface area contributed by atoms with Gasteiger partial charge in [0.2, 0.25) is 0 Å². The van der Waals surface area contributed by atoms with Crippen LogP contribution in [0.5, 0.6) is 5.75 Å². The third-order valence-electron chi connectivity index (χ3n) is 3.31. The Labute approximate surface area is 137 Å². The number of anilines is 1. The summed E-state index contributed by atoms with van der Waals surface area (Å²) in [6, 6.07) is 10.7. The minimum atomic E-state index is -3.04. The number of halogens is 2. The van der Waals surface area contributed by atoms with Crippen LogP contribution in [0.4, 0.5) is 14.5 Å². The van der Waals surface area contributed by atoms with Gasteiger partial charge in [0, 0.05) is 22.9 Å². The van der Waals surface area contributed by atoms with E-state index in [9.17, 15) is 13.6 Å². The Hall–Kier alpha value is -2.98. The Morgan fingerprint density at radius 3 is 2.67 bits per heavy atom. The Bertz CT molecular complexity index is 801. The van der Waals surface area contributed by atoms with Crippen molar-refractivity contribution in [2.45, 2.75) is 20.1 Å². The molecule has 124 valence electrons. The van der Waals surface area contributed by atoms with Gasteiger partial charge in [0.05, 0.1) is 18.2 Å². The molecule has 2 aromatic rings. The first-order valence-corrected chi connectivity index (χ1v) is 6.95. The van der Waals surface area contributed by atoms with Gasteiger partial charge in [-0.05, 0) is 36.8 Å². The second kappa shape index (κ2) is 7.53.